The van der Waals surface area contributed by atoms with Crippen molar-refractivity contribution in [1.29, 1.82) is 0 Å². The third kappa shape index (κ3) is 4.06. The number of hydroxylamine groups is 2. The van der Waals surface area contributed by atoms with E-state index in [0.29, 0.717) is 11.1 Å². The first-order valence-corrected chi connectivity index (χ1v) is 11.5. The number of hydrogen-bond donors (Lipinski definition) is 1. The Bertz CT molecular complexity index is 1300. The maximum absolute atomic E-state index is 14.5. The molecule has 1 unspecified atom stereocenters. The molecule has 3 aliphatic heterocycles. The highest BCUT2D eigenvalue weighted by Gasteiger charge is 2.54. The molecule has 10 nitrogen and oxygen atoms in total. The molecule has 0 aliphatic carbocycles. The number of nitrogens with zero attached hydrogens (tertiary/aromatic N) is 3. The molecule has 1 N–H and O–H groups in total. The summed E-state index contributed by atoms with van der Waals surface area (Å²) in [4.78, 5) is 56.3. The Morgan fingerprint density at radius 1 is 1.14 bits per heavy atom. The van der Waals surface area contributed by atoms with Crippen LogP contribution in [0.2, 0.25) is 0 Å². The van der Waals surface area contributed by atoms with Gasteiger partial charge in [-0.1, -0.05) is 0 Å². The summed E-state index contributed by atoms with van der Waals surface area (Å²) < 4.78 is 42.7. The van der Waals surface area contributed by atoms with Gasteiger partial charge < -0.3 is 10.2 Å². The Hall–Kier alpha value is -3.74. The van der Waals surface area contributed by atoms with E-state index in [1.54, 1.807) is 0 Å². The van der Waals surface area contributed by atoms with Gasteiger partial charge in [-0.25, -0.2) is 13.2 Å². The van der Waals surface area contributed by atoms with Crippen LogP contribution >= 0.6 is 0 Å². The van der Waals surface area contributed by atoms with Crippen molar-refractivity contribution in [2.45, 2.75) is 46.0 Å². The van der Waals surface area contributed by atoms with Gasteiger partial charge in [-0.3, -0.25) is 29.3 Å². The predicted molar refractivity (Wildman–Crippen MR) is 121 cm³/mol. The van der Waals surface area contributed by atoms with E-state index in [-0.39, 0.29) is 60.4 Å². The molecule has 0 bridgehead atoms. The maximum Gasteiger partial charge on any atom is 0.277 e. The monoisotopic (exact) mass is 522 g/mol. The number of hydrogen-bond acceptors (Lipinski definition) is 7. The van der Waals surface area contributed by atoms with Crippen LogP contribution in [0.15, 0.2) is 28.7 Å². The fraction of sp³-hybridized carbons (Fsp3) is 0.458. The highest BCUT2D eigenvalue weighted by atomic mass is 19.2. The Balaban J connectivity index is 1.72. The number of nitrogens with one attached hydrogen (secondary N) is 1. The zero-order valence-corrected chi connectivity index (χ0v) is 20.6. The lowest BCUT2D eigenvalue weighted by Crippen LogP contribution is -2.48. The first kappa shape index (κ1) is 26.3. The number of carbonyl (C=O) groups excluding carboxylic acids is 3. The summed E-state index contributed by atoms with van der Waals surface area (Å²) in [6, 6.07) is 0.675. The predicted octanol–water partition coefficient (Wildman–Crippen LogP) is 2.81. The lowest BCUT2D eigenvalue weighted by Gasteiger charge is -2.39. The van der Waals surface area contributed by atoms with Gasteiger partial charge in [0.2, 0.25) is 0 Å². The Labute approximate surface area is 209 Å². The van der Waals surface area contributed by atoms with Crippen LogP contribution in [-0.2, 0) is 19.2 Å². The average molecular weight is 522 g/mol. The van der Waals surface area contributed by atoms with E-state index in [9.17, 15) is 37.7 Å². The summed E-state index contributed by atoms with van der Waals surface area (Å²) in [5.41, 5.74) is -1.92. The Kier molecular flexibility index (Phi) is 6.61. The van der Waals surface area contributed by atoms with Crippen LogP contribution in [0.3, 0.4) is 0 Å². The number of imide groups is 1. The smallest absolute Gasteiger partial charge is 0.277 e. The highest BCUT2D eigenvalue weighted by Crippen LogP contribution is 2.45. The number of amides is 3. The summed E-state index contributed by atoms with van der Waals surface area (Å²) in [6.07, 6.45) is 0.251. The third-order valence-electron chi connectivity index (χ3n) is 7.45. The van der Waals surface area contributed by atoms with Gasteiger partial charge in [0.05, 0.1) is 28.7 Å². The number of halogens is 3. The quantitative estimate of drug-likeness (QED) is 0.279. The van der Waals surface area contributed by atoms with Gasteiger partial charge in [-0.2, -0.15) is 5.06 Å². The molecule has 3 amide bonds. The number of piperidine rings is 1. The molecule has 2 fully saturated rings. The number of rotatable bonds is 4. The summed E-state index contributed by atoms with van der Waals surface area (Å²) in [7, 11) is 1.21. The Morgan fingerprint density at radius 2 is 1.76 bits per heavy atom. The van der Waals surface area contributed by atoms with Crippen LogP contribution in [0.25, 0.3) is 0 Å². The molecule has 0 saturated carbocycles. The van der Waals surface area contributed by atoms with Crippen molar-refractivity contribution in [2.75, 3.05) is 20.2 Å². The second kappa shape index (κ2) is 9.29. The van der Waals surface area contributed by atoms with Crippen LogP contribution in [0, 0.1) is 39.9 Å². The molecule has 1 atom stereocenters. The van der Waals surface area contributed by atoms with E-state index < -0.39 is 57.1 Å². The molecule has 0 aromatic heterocycles. The lowest BCUT2D eigenvalue weighted by molar-refractivity contribution is -0.431. The summed E-state index contributed by atoms with van der Waals surface area (Å²) >= 11 is 0. The third-order valence-corrected chi connectivity index (χ3v) is 7.45. The molecule has 1 aromatic rings. The first-order chi connectivity index (χ1) is 17.3. The van der Waals surface area contributed by atoms with Gasteiger partial charge in [0.1, 0.15) is 5.92 Å². The first-order valence-electron chi connectivity index (χ1n) is 11.5. The molecule has 4 rings (SSSR count). The number of dihydropyridines is 1. The number of nitro groups is 1. The molecule has 1 aromatic carbocycles. The topological polar surface area (TPSA) is 122 Å². The van der Waals surface area contributed by atoms with E-state index >= 15 is 0 Å². The molecule has 198 valence electrons. The lowest BCUT2D eigenvalue weighted by atomic mass is 9.76. The molecular formula is C24H25F3N4O6. The summed E-state index contributed by atoms with van der Waals surface area (Å²) in [5.74, 6) is -7.83. The standard InChI is InChI=1S/C24H25F3N4O6/c1-11-14(9-15(25)20(27)19(11)26)18-17(12(2)28-13(3)21(18)31(35)36)22(33)29-7-5-24(6-8-29)10-16(32)30(37-4)23(24)34/h9,18,28H,5-8,10H2,1-4H3. The molecule has 1 spiro atoms. The minimum atomic E-state index is -1.71. The molecule has 13 heteroatoms. The molecule has 2 saturated heterocycles. The summed E-state index contributed by atoms with van der Waals surface area (Å²) in [6.45, 7) is 4.18. The van der Waals surface area contributed by atoms with Crippen molar-refractivity contribution in [3.05, 3.63) is 67.4 Å². The second-order valence-corrected chi connectivity index (χ2v) is 9.49. The number of allylic oxidation sites excluding steroid dienone is 3. The second-order valence-electron chi connectivity index (χ2n) is 9.49. The van der Waals surface area contributed by atoms with Gasteiger partial charge >= 0.3 is 0 Å². The van der Waals surface area contributed by atoms with E-state index in [4.69, 9.17) is 4.84 Å². The van der Waals surface area contributed by atoms with E-state index in [2.05, 4.69) is 5.32 Å². The van der Waals surface area contributed by atoms with Crippen molar-refractivity contribution in [2.24, 2.45) is 5.41 Å². The molecule has 37 heavy (non-hydrogen) atoms. The highest BCUT2D eigenvalue weighted by molar-refractivity contribution is 6.05. The zero-order valence-electron chi connectivity index (χ0n) is 20.6. The van der Waals surface area contributed by atoms with Crippen LogP contribution in [0.1, 0.15) is 50.2 Å². The average Bonchev–Trinajstić information content (AvgIpc) is 3.07. The minimum absolute atomic E-state index is 0.0561. The van der Waals surface area contributed by atoms with Gasteiger partial charge in [0.25, 0.3) is 23.4 Å². The van der Waals surface area contributed by atoms with E-state index in [1.165, 1.54) is 25.9 Å². The van der Waals surface area contributed by atoms with Crippen molar-refractivity contribution >= 4 is 17.7 Å². The number of carbonyl (C=O) groups is 3. The van der Waals surface area contributed by atoms with Crippen molar-refractivity contribution in [3.8, 4) is 0 Å². The van der Waals surface area contributed by atoms with Gasteiger partial charge in [0.15, 0.2) is 17.5 Å². The Morgan fingerprint density at radius 3 is 2.30 bits per heavy atom. The molecule has 0 radical (unpaired) electrons. The van der Waals surface area contributed by atoms with Gasteiger partial charge in [0, 0.05) is 25.2 Å². The van der Waals surface area contributed by atoms with Gasteiger partial charge in [-0.15, -0.1) is 0 Å². The largest absolute Gasteiger partial charge is 0.357 e. The van der Waals surface area contributed by atoms with Gasteiger partial charge in [-0.05, 0) is 50.8 Å². The van der Waals surface area contributed by atoms with Crippen molar-refractivity contribution in [3.63, 3.8) is 0 Å². The molecular weight excluding hydrogens is 497 g/mol. The van der Waals surface area contributed by atoms with Crippen LogP contribution < -0.4 is 5.32 Å². The van der Waals surface area contributed by atoms with Crippen molar-refractivity contribution < 1.29 is 37.3 Å². The SMILES string of the molecule is CON1C(=O)CC2(CCN(C(=O)C3=C(C)NC(C)=C([N+](=O)[O-])C3c3cc(F)c(F)c(F)c3C)CC2)C1=O. The normalized spacial score (nSPS) is 21.8. The summed E-state index contributed by atoms with van der Waals surface area (Å²) in [5, 5.41) is 15.6. The van der Waals surface area contributed by atoms with Crippen molar-refractivity contribution in [1.82, 2.24) is 15.3 Å². The zero-order chi connectivity index (χ0) is 27.4. The maximum atomic E-state index is 14.5. The molecule has 3 heterocycles. The van der Waals surface area contributed by atoms with E-state index in [1.807, 2.05) is 0 Å². The molecule has 3 aliphatic rings. The number of benzene rings is 1. The fourth-order valence-electron chi connectivity index (χ4n) is 5.46. The van der Waals surface area contributed by atoms with Crippen LogP contribution in [0.5, 0.6) is 0 Å². The van der Waals surface area contributed by atoms with Crippen LogP contribution in [0.4, 0.5) is 13.2 Å². The minimum Gasteiger partial charge on any atom is -0.357 e. The number of likely N-dealkylation sites (tertiary alicyclic amines) is 1. The fourth-order valence-corrected chi connectivity index (χ4v) is 5.46. The van der Waals surface area contributed by atoms with Crippen LogP contribution in [-0.4, -0.2) is 52.8 Å². The van der Waals surface area contributed by atoms with E-state index in [0.717, 1.165) is 6.92 Å².